The number of aromatic nitrogens is 1. The number of aromatic amines is 1. The number of benzene rings is 1. The summed E-state index contributed by atoms with van der Waals surface area (Å²) in [5.41, 5.74) is 4.88. The van der Waals surface area contributed by atoms with Crippen LogP contribution in [0.25, 0.3) is 0 Å². The van der Waals surface area contributed by atoms with Crippen LogP contribution in [0, 0.1) is 0 Å². The molecule has 0 saturated carbocycles. The maximum absolute atomic E-state index is 12.7. The van der Waals surface area contributed by atoms with Gasteiger partial charge in [-0.2, -0.15) is 13.2 Å². The Morgan fingerprint density at radius 2 is 2.08 bits per heavy atom. The van der Waals surface area contributed by atoms with Gasteiger partial charge in [-0.15, -0.1) is 0 Å². The van der Waals surface area contributed by atoms with Gasteiger partial charge in [0, 0.05) is 6.04 Å². The molecular weight excluding hydrogens is 365 g/mol. The van der Waals surface area contributed by atoms with Gasteiger partial charge in [0.2, 0.25) is 0 Å². The number of H-pyrrole nitrogens is 1. The molecule has 24 heavy (non-hydrogen) atoms. The van der Waals surface area contributed by atoms with Crippen molar-refractivity contribution >= 4 is 39.7 Å². The van der Waals surface area contributed by atoms with E-state index in [0.29, 0.717) is 5.00 Å². The van der Waals surface area contributed by atoms with Gasteiger partial charge in [0.05, 0.1) is 16.3 Å². The van der Waals surface area contributed by atoms with Crippen LogP contribution in [-0.2, 0) is 6.18 Å². The van der Waals surface area contributed by atoms with E-state index in [1.807, 2.05) is 0 Å². The number of rotatable bonds is 4. The molecule has 0 saturated heterocycles. The van der Waals surface area contributed by atoms with Crippen molar-refractivity contribution in [2.45, 2.75) is 26.1 Å². The van der Waals surface area contributed by atoms with E-state index < -0.39 is 17.3 Å². The van der Waals surface area contributed by atoms with Crippen molar-refractivity contribution in [2.75, 3.05) is 5.32 Å². The summed E-state index contributed by atoms with van der Waals surface area (Å²) in [5.74, 6) is 0.0398. The van der Waals surface area contributed by atoms with Crippen LogP contribution in [0.3, 0.4) is 0 Å². The van der Waals surface area contributed by atoms with Gasteiger partial charge < -0.3 is 11.1 Å². The van der Waals surface area contributed by atoms with Crippen LogP contribution in [0.4, 0.5) is 23.9 Å². The van der Waals surface area contributed by atoms with Gasteiger partial charge in [-0.1, -0.05) is 11.6 Å². The molecule has 5 nitrogen and oxygen atoms in total. The third-order valence-electron chi connectivity index (χ3n) is 2.90. The average molecular weight is 379 g/mol. The van der Waals surface area contributed by atoms with Gasteiger partial charge >= 0.3 is 6.18 Å². The van der Waals surface area contributed by atoms with Gasteiger partial charge in [0.25, 0.3) is 5.56 Å². The minimum atomic E-state index is -4.49. The smallest absolute Gasteiger partial charge is 0.383 e. The van der Waals surface area contributed by atoms with Crippen molar-refractivity contribution in [2.24, 2.45) is 10.7 Å². The first-order valence-corrected chi connectivity index (χ1v) is 7.98. The van der Waals surface area contributed by atoms with Crippen LogP contribution >= 0.6 is 23.1 Å². The first kappa shape index (κ1) is 18.3. The molecule has 1 aromatic heterocycles. The Bertz CT molecular complexity index is 826. The van der Waals surface area contributed by atoms with Crippen LogP contribution < -0.4 is 16.6 Å². The highest BCUT2D eigenvalue weighted by atomic mass is 35.5. The molecule has 10 heteroatoms. The lowest BCUT2D eigenvalue weighted by Crippen LogP contribution is -2.23. The van der Waals surface area contributed by atoms with E-state index >= 15 is 0 Å². The summed E-state index contributed by atoms with van der Waals surface area (Å²) < 4.78 is 40.5. The van der Waals surface area contributed by atoms with Gasteiger partial charge in [-0.05, 0) is 43.6 Å². The summed E-state index contributed by atoms with van der Waals surface area (Å²) >= 11 is 6.86. The molecule has 4 N–H and O–H groups in total. The molecule has 0 fully saturated rings. The fourth-order valence-electron chi connectivity index (χ4n) is 1.88. The molecule has 1 aromatic carbocycles. The van der Waals surface area contributed by atoms with Gasteiger partial charge in [-0.3, -0.25) is 14.2 Å². The summed E-state index contributed by atoms with van der Waals surface area (Å²) in [6.07, 6.45) is -4.49. The quantitative estimate of drug-likeness (QED) is 0.556. The molecular formula is C14H14ClF3N4OS. The third kappa shape index (κ3) is 4.09. The molecule has 130 valence electrons. The molecule has 0 aliphatic carbocycles. The molecule has 0 aliphatic rings. The Hall–Kier alpha value is -2.00. The first-order valence-electron chi connectivity index (χ1n) is 6.78. The van der Waals surface area contributed by atoms with Crippen LogP contribution in [0.2, 0.25) is 5.02 Å². The normalized spacial score (nSPS) is 12.7. The monoisotopic (exact) mass is 378 g/mol. The predicted octanol–water partition coefficient (Wildman–Crippen LogP) is 3.97. The Kier molecular flexibility index (Phi) is 5.24. The van der Waals surface area contributed by atoms with Crippen molar-refractivity contribution in [3.05, 3.63) is 44.7 Å². The second-order valence-corrected chi connectivity index (χ2v) is 6.39. The minimum absolute atomic E-state index is 0.0398. The summed E-state index contributed by atoms with van der Waals surface area (Å²) in [4.78, 5) is 16.0. The maximum atomic E-state index is 12.7. The standard InChI is InChI=1S/C14H14ClF3N4OS/c1-6(2)20-11(19)10-12(23)22-24-13(10)21-9-4-3-7(5-8(9)15)14(16,17)18/h3-6,21H,1-2H3,(H2,19,20)(H,22,23). The lowest BCUT2D eigenvalue weighted by atomic mass is 10.2. The molecule has 2 rings (SSSR count). The van der Waals surface area contributed by atoms with Crippen LogP contribution in [-0.4, -0.2) is 16.3 Å². The van der Waals surface area contributed by atoms with Gasteiger partial charge in [0.1, 0.15) is 16.4 Å². The fourth-order valence-corrected chi connectivity index (χ4v) is 2.87. The van der Waals surface area contributed by atoms with E-state index in [1.54, 1.807) is 13.8 Å². The van der Waals surface area contributed by atoms with Gasteiger partial charge in [-0.25, -0.2) is 0 Å². The number of anilines is 2. The zero-order chi connectivity index (χ0) is 18.1. The molecule has 0 spiro atoms. The van der Waals surface area contributed by atoms with E-state index in [1.165, 1.54) is 6.07 Å². The first-order chi connectivity index (χ1) is 11.1. The largest absolute Gasteiger partial charge is 0.416 e. The van der Waals surface area contributed by atoms with E-state index in [9.17, 15) is 18.0 Å². The summed E-state index contributed by atoms with van der Waals surface area (Å²) in [5, 5.41) is 3.02. The van der Waals surface area contributed by atoms with E-state index in [-0.39, 0.29) is 28.2 Å². The Balaban J connectivity index is 2.38. The Morgan fingerprint density at radius 3 is 2.62 bits per heavy atom. The van der Waals surface area contributed by atoms with E-state index in [4.69, 9.17) is 17.3 Å². The Morgan fingerprint density at radius 1 is 1.42 bits per heavy atom. The molecule has 0 radical (unpaired) electrons. The number of nitrogens with two attached hydrogens (primary N) is 1. The van der Waals surface area contributed by atoms with Crippen molar-refractivity contribution < 1.29 is 13.2 Å². The van der Waals surface area contributed by atoms with E-state index in [0.717, 1.165) is 23.7 Å². The zero-order valence-corrected chi connectivity index (χ0v) is 14.2. The lowest BCUT2D eigenvalue weighted by Gasteiger charge is -2.11. The number of hydrogen-bond donors (Lipinski definition) is 3. The van der Waals surface area contributed by atoms with E-state index in [2.05, 4.69) is 14.7 Å². The second kappa shape index (κ2) is 6.86. The maximum Gasteiger partial charge on any atom is 0.416 e. The van der Waals surface area contributed by atoms with Crippen LogP contribution in [0.15, 0.2) is 28.0 Å². The summed E-state index contributed by atoms with van der Waals surface area (Å²) in [6.45, 7) is 3.60. The highest BCUT2D eigenvalue weighted by Crippen LogP contribution is 2.35. The van der Waals surface area contributed by atoms with Crippen molar-refractivity contribution in [1.82, 2.24) is 4.37 Å². The molecule has 0 bridgehead atoms. The number of hydrogen-bond acceptors (Lipinski definition) is 4. The average Bonchev–Trinajstić information content (AvgIpc) is 2.80. The van der Waals surface area contributed by atoms with Crippen molar-refractivity contribution in [1.29, 1.82) is 0 Å². The molecule has 0 atom stereocenters. The molecule has 0 unspecified atom stereocenters. The third-order valence-corrected chi connectivity index (χ3v) is 4.01. The SMILES string of the molecule is CC(C)N=C(N)c1c(Nc2ccc(C(F)(F)F)cc2Cl)s[nH]c1=O. The second-order valence-electron chi connectivity index (χ2n) is 5.16. The highest BCUT2D eigenvalue weighted by molar-refractivity contribution is 7.10. The number of amidine groups is 1. The molecule has 0 aliphatic heterocycles. The van der Waals surface area contributed by atoms with Crippen molar-refractivity contribution in [3.63, 3.8) is 0 Å². The number of nitrogens with one attached hydrogen (secondary N) is 2. The van der Waals surface area contributed by atoms with Crippen LogP contribution in [0.1, 0.15) is 25.0 Å². The highest BCUT2D eigenvalue weighted by Gasteiger charge is 2.31. The lowest BCUT2D eigenvalue weighted by molar-refractivity contribution is -0.137. The predicted molar refractivity (Wildman–Crippen MR) is 90.5 cm³/mol. The van der Waals surface area contributed by atoms with Crippen molar-refractivity contribution in [3.8, 4) is 0 Å². The zero-order valence-electron chi connectivity index (χ0n) is 12.7. The van der Waals surface area contributed by atoms with Gasteiger partial charge in [0.15, 0.2) is 0 Å². The molecule has 1 heterocycles. The number of halogens is 4. The Labute approximate surface area is 144 Å². The summed E-state index contributed by atoms with van der Waals surface area (Å²) in [6, 6.07) is 2.78. The number of aliphatic imine (C=N–C) groups is 1. The molecule has 0 amide bonds. The van der Waals surface area contributed by atoms with Crippen LogP contribution in [0.5, 0.6) is 0 Å². The summed E-state index contributed by atoms with van der Waals surface area (Å²) in [7, 11) is 0. The number of nitrogens with zero attached hydrogens (tertiary/aromatic N) is 1. The fraction of sp³-hybridized carbons (Fsp3) is 0.286. The molecule has 2 aromatic rings. The number of alkyl halides is 3. The minimum Gasteiger partial charge on any atom is -0.383 e. The topological polar surface area (TPSA) is 83.3 Å².